The summed E-state index contributed by atoms with van der Waals surface area (Å²) in [6.45, 7) is 3.66. The zero-order chi connectivity index (χ0) is 51.6. The Bertz CT molecular complexity index is 2860. The van der Waals surface area contributed by atoms with E-state index in [0.29, 0.717) is 34.1 Å². The van der Waals surface area contributed by atoms with Crippen molar-refractivity contribution in [1.82, 2.24) is 10.6 Å². The molecule has 2 atom stereocenters. The Labute approximate surface area is 428 Å². The first kappa shape index (κ1) is 51.7. The second kappa shape index (κ2) is 22.8. The summed E-state index contributed by atoms with van der Waals surface area (Å²) in [7, 11) is 6.38. The minimum atomic E-state index is -1.76. The molecule has 0 spiro atoms. The molecule has 0 fully saturated rings. The van der Waals surface area contributed by atoms with Crippen LogP contribution in [0.3, 0.4) is 0 Å². The van der Waals surface area contributed by atoms with Crippen LogP contribution in [-0.2, 0) is 35.3 Å². The minimum absolute atomic E-state index is 0.0444. The third-order valence-corrected chi connectivity index (χ3v) is 14.7. The summed E-state index contributed by atoms with van der Waals surface area (Å²) in [4.78, 5) is 32.0. The number of ether oxygens (including phenoxy) is 4. The van der Waals surface area contributed by atoms with Gasteiger partial charge in [0.05, 0.1) is 51.7 Å². The summed E-state index contributed by atoms with van der Waals surface area (Å²) < 4.78 is 23.4. The van der Waals surface area contributed by atoms with Gasteiger partial charge in [-0.3, -0.25) is 9.59 Å². The van der Waals surface area contributed by atoms with Crippen molar-refractivity contribution in [3.8, 4) is 23.0 Å². The molecule has 10 heteroatoms. The minimum Gasteiger partial charge on any atom is -0.496 e. The highest BCUT2D eigenvalue weighted by molar-refractivity contribution is 6.05. The number of fused-ring (bicyclic) bond motifs is 2. The molecule has 0 saturated heterocycles. The molecule has 0 bridgehead atoms. The molecule has 376 valence electrons. The van der Waals surface area contributed by atoms with Gasteiger partial charge in [0.2, 0.25) is 11.8 Å². The second-order valence-corrected chi connectivity index (χ2v) is 18.9. The topological polar surface area (TPSA) is 136 Å². The summed E-state index contributed by atoms with van der Waals surface area (Å²) in [6, 6.07) is 55.3. The second-order valence-electron chi connectivity index (χ2n) is 18.9. The van der Waals surface area contributed by atoms with Gasteiger partial charge in [0.1, 0.15) is 28.4 Å². The fourth-order valence-electron chi connectivity index (χ4n) is 10.8. The van der Waals surface area contributed by atoms with Gasteiger partial charge in [-0.2, -0.15) is 0 Å². The van der Waals surface area contributed by atoms with E-state index in [2.05, 4.69) is 10.6 Å². The molecule has 8 aromatic rings. The molecule has 0 unspecified atom stereocenters. The maximum atomic E-state index is 16.0. The molecule has 0 radical (unpaired) electrons. The fraction of sp³-hybridized carbons (Fsp3) is 0.270. The number of methoxy groups -OCH3 is 4. The van der Waals surface area contributed by atoms with E-state index in [1.54, 1.807) is 28.4 Å². The Morgan fingerprint density at radius 3 is 0.986 bits per heavy atom. The number of nitrogens with one attached hydrogen (secondary N) is 2. The van der Waals surface area contributed by atoms with Gasteiger partial charge in [0, 0.05) is 25.7 Å². The van der Waals surface area contributed by atoms with Crippen molar-refractivity contribution in [2.45, 2.75) is 75.7 Å². The SMILES string of the molecule is CCC(CC)(C(=O)N[C@@H](c1cccc2ccccc12)C(O)(Cc1ccccc1OC)Cc1ccccc1OC)C(=O)N[C@@H](c1cccc2ccccc12)C(O)(Cc1ccccc1OC)Cc1ccccc1OC. The number of aliphatic hydroxyl groups is 2. The van der Waals surface area contributed by atoms with Crippen LogP contribution >= 0.6 is 0 Å². The van der Waals surface area contributed by atoms with Crippen LogP contribution in [0.2, 0.25) is 0 Å². The third-order valence-electron chi connectivity index (χ3n) is 14.7. The van der Waals surface area contributed by atoms with Crippen LogP contribution in [0.15, 0.2) is 182 Å². The monoisotopic (exact) mass is 978 g/mol. The molecular formula is C63H66N2O8. The largest absolute Gasteiger partial charge is 0.496 e. The fourth-order valence-corrected chi connectivity index (χ4v) is 10.8. The summed E-state index contributed by atoms with van der Waals surface area (Å²) in [5.41, 5.74) is -1.04. The van der Waals surface area contributed by atoms with E-state index >= 15 is 9.59 Å². The average molecular weight is 979 g/mol. The Balaban J connectivity index is 1.29. The molecule has 2 amide bonds. The quantitative estimate of drug-likeness (QED) is 0.0493. The molecule has 0 saturated carbocycles. The third kappa shape index (κ3) is 10.8. The maximum Gasteiger partial charge on any atom is 0.236 e. The first-order chi connectivity index (χ1) is 35.4. The van der Waals surface area contributed by atoms with E-state index in [9.17, 15) is 10.2 Å². The molecule has 0 aromatic heterocycles. The summed E-state index contributed by atoms with van der Waals surface area (Å²) in [5, 5.41) is 37.8. The Morgan fingerprint density at radius 1 is 0.411 bits per heavy atom. The number of carbonyl (C=O) groups excluding carboxylic acids is 2. The number of amides is 2. The van der Waals surface area contributed by atoms with Gasteiger partial charge in [0.25, 0.3) is 0 Å². The highest BCUT2D eigenvalue weighted by Crippen LogP contribution is 2.43. The van der Waals surface area contributed by atoms with Crippen LogP contribution in [0, 0.1) is 5.41 Å². The van der Waals surface area contributed by atoms with Crippen molar-refractivity contribution in [3.63, 3.8) is 0 Å². The summed E-state index contributed by atoms with van der Waals surface area (Å²) >= 11 is 0. The number of para-hydroxylation sites is 4. The van der Waals surface area contributed by atoms with E-state index in [4.69, 9.17) is 18.9 Å². The van der Waals surface area contributed by atoms with Crippen molar-refractivity contribution >= 4 is 33.4 Å². The molecule has 0 aliphatic heterocycles. The van der Waals surface area contributed by atoms with Crippen molar-refractivity contribution in [3.05, 3.63) is 215 Å². The Morgan fingerprint density at radius 2 is 0.685 bits per heavy atom. The van der Waals surface area contributed by atoms with Crippen LogP contribution in [0.4, 0.5) is 0 Å². The average Bonchev–Trinajstić information content (AvgIpc) is 3.42. The lowest BCUT2D eigenvalue weighted by Gasteiger charge is -2.42. The van der Waals surface area contributed by atoms with E-state index in [1.807, 2.05) is 196 Å². The lowest BCUT2D eigenvalue weighted by atomic mass is 9.74. The maximum absolute atomic E-state index is 16.0. The summed E-state index contributed by atoms with van der Waals surface area (Å²) in [6.07, 6.45) is 0.345. The van der Waals surface area contributed by atoms with Crippen molar-refractivity contribution in [1.29, 1.82) is 0 Å². The molecule has 10 nitrogen and oxygen atoms in total. The smallest absolute Gasteiger partial charge is 0.236 e. The van der Waals surface area contributed by atoms with Gasteiger partial charge in [-0.1, -0.05) is 172 Å². The lowest BCUT2D eigenvalue weighted by molar-refractivity contribution is -0.148. The van der Waals surface area contributed by atoms with E-state index in [0.717, 1.165) is 43.8 Å². The zero-order valence-corrected chi connectivity index (χ0v) is 42.6. The van der Waals surface area contributed by atoms with Gasteiger partial charge in [-0.15, -0.1) is 0 Å². The Kier molecular flexibility index (Phi) is 16.2. The van der Waals surface area contributed by atoms with Gasteiger partial charge in [-0.25, -0.2) is 0 Å². The van der Waals surface area contributed by atoms with Crippen molar-refractivity contribution in [2.24, 2.45) is 5.41 Å². The van der Waals surface area contributed by atoms with Crippen LogP contribution in [0.5, 0.6) is 23.0 Å². The molecule has 73 heavy (non-hydrogen) atoms. The highest BCUT2D eigenvalue weighted by Gasteiger charge is 2.50. The van der Waals surface area contributed by atoms with E-state index < -0.39 is 40.5 Å². The normalized spacial score (nSPS) is 12.7. The van der Waals surface area contributed by atoms with E-state index in [1.165, 1.54) is 0 Å². The summed E-state index contributed by atoms with van der Waals surface area (Å²) in [5.74, 6) is 1.14. The highest BCUT2D eigenvalue weighted by atomic mass is 16.5. The molecular weight excluding hydrogens is 913 g/mol. The number of rotatable bonds is 22. The molecule has 0 aliphatic rings. The number of hydrogen-bond acceptors (Lipinski definition) is 8. The number of carbonyl (C=O) groups is 2. The standard InChI is InChI=1S/C63H66N2O8/c1-7-61(8-2,59(66)64-57(51-33-21-29-43-23-9-15-31-49(43)51)62(68,39-45-25-11-17-35-53(45)70-3)40-46-26-12-18-36-54(46)71-4)60(67)65-58(52-34-22-30-44-24-10-16-32-50(44)52)63(69,41-47-27-13-19-37-55(47)72-5)42-48-28-14-20-38-56(48)73-6/h9-38,57-58,68-69H,7-8,39-42H2,1-6H3,(H,64,66)(H,65,67)/t57-,58-/m0/s1. The first-order valence-corrected chi connectivity index (χ1v) is 24.9. The first-order valence-electron chi connectivity index (χ1n) is 24.9. The van der Waals surface area contributed by atoms with Crippen LogP contribution in [0.1, 0.15) is 72.2 Å². The molecule has 8 aromatic carbocycles. The van der Waals surface area contributed by atoms with Crippen LogP contribution in [0.25, 0.3) is 21.5 Å². The molecule has 4 N–H and O–H groups in total. The van der Waals surface area contributed by atoms with Crippen molar-refractivity contribution in [2.75, 3.05) is 28.4 Å². The predicted molar refractivity (Wildman–Crippen MR) is 289 cm³/mol. The molecule has 0 aliphatic carbocycles. The van der Waals surface area contributed by atoms with Gasteiger partial charge >= 0.3 is 0 Å². The number of hydrogen-bond donors (Lipinski definition) is 4. The van der Waals surface area contributed by atoms with Crippen LogP contribution in [-0.4, -0.2) is 61.7 Å². The van der Waals surface area contributed by atoms with E-state index in [-0.39, 0.29) is 38.5 Å². The zero-order valence-electron chi connectivity index (χ0n) is 42.6. The van der Waals surface area contributed by atoms with Crippen molar-refractivity contribution < 1.29 is 38.7 Å². The van der Waals surface area contributed by atoms with Gasteiger partial charge in [-0.05, 0) is 92.0 Å². The molecule has 8 rings (SSSR count). The Hall–Kier alpha value is -7.66. The molecule has 0 heterocycles. The number of benzene rings is 8. The predicted octanol–water partition coefficient (Wildman–Crippen LogP) is 11.3. The van der Waals surface area contributed by atoms with Gasteiger partial charge < -0.3 is 39.8 Å². The lowest BCUT2D eigenvalue weighted by Crippen LogP contribution is -2.58. The van der Waals surface area contributed by atoms with Crippen LogP contribution < -0.4 is 29.6 Å². The van der Waals surface area contributed by atoms with Gasteiger partial charge in [0.15, 0.2) is 0 Å².